The molecule has 1 heterocycles. The van der Waals surface area contributed by atoms with Gasteiger partial charge in [-0.1, -0.05) is 17.7 Å². The standard InChI is InChI=1S/C14H18O7S/c1-9-3-5-11(6-4-9)22(17,18)19-8-13-12(20-10(2)15)7-14(16)21-13/h3-6,12-14,16H,7-8H2,1-2H3/t12-,13+,14?/m0/s1. The van der Waals surface area contributed by atoms with E-state index in [0.29, 0.717) is 0 Å². The molecule has 0 radical (unpaired) electrons. The zero-order valence-corrected chi connectivity index (χ0v) is 13.1. The first-order valence-corrected chi connectivity index (χ1v) is 8.15. The zero-order chi connectivity index (χ0) is 16.3. The number of ether oxygens (including phenoxy) is 2. The number of aryl methyl sites for hydroxylation is 1. The van der Waals surface area contributed by atoms with Crippen molar-refractivity contribution in [3.05, 3.63) is 29.8 Å². The van der Waals surface area contributed by atoms with Gasteiger partial charge < -0.3 is 14.6 Å². The van der Waals surface area contributed by atoms with Gasteiger partial charge >= 0.3 is 5.97 Å². The highest BCUT2D eigenvalue weighted by Crippen LogP contribution is 2.24. The fourth-order valence-electron chi connectivity index (χ4n) is 2.11. The second-order valence-corrected chi connectivity index (χ2v) is 6.68. The lowest BCUT2D eigenvalue weighted by molar-refractivity contribution is -0.151. The number of hydrogen-bond donors (Lipinski definition) is 1. The zero-order valence-electron chi connectivity index (χ0n) is 12.3. The fourth-order valence-corrected chi connectivity index (χ4v) is 3.03. The molecule has 1 aliphatic rings. The molecule has 1 aromatic carbocycles. The Labute approximate surface area is 128 Å². The quantitative estimate of drug-likeness (QED) is 0.628. The van der Waals surface area contributed by atoms with Gasteiger partial charge in [-0.05, 0) is 19.1 Å². The topological polar surface area (TPSA) is 99.1 Å². The molecule has 7 nitrogen and oxygen atoms in total. The van der Waals surface area contributed by atoms with Gasteiger partial charge in [0.05, 0.1) is 11.5 Å². The molecule has 0 aliphatic carbocycles. The summed E-state index contributed by atoms with van der Waals surface area (Å²) in [6.45, 7) is 2.73. The summed E-state index contributed by atoms with van der Waals surface area (Å²) in [7, 11) is -3.94. The summed E-state index contributed by atoms with van der Waals surface area (Å²) in [6, 6.07) is 6.21. The van der Waals surface area contributed by atoms with Gasteiger partial charge in [0.1, 0.15) is 12.2 Å². The number of esters is 1. The van der Waals surface area contributed by atoms with E-state index in [2.05, 4.69) is 0 Å². The van der Waals surface area contributed by atoms with Crippen LogP contribution in [0.1, 0.15) is 18.9 Å². The Bertz CT molecular complexity index is 623. The van der Waals surface area contributed by atoms with Crippen LogP contribution in [-0.4, -0.2) is 44.6 Å². The van der Waals surface area contributed by atoms with Crippen molar-refractivity contribution >= 4 is 16.1 Å². The smallest absolute Gasteiger partial charge is 0.302 e. The summed E-state index contributed by atoms with van der Waals surface area (Å²) in [5.74, 6) is -0.533. The summed E-state index contributed by atoms with van der Waals surface area (Å²) < 4.78 is 39.2. The van der Waals surface area contributed by atoms with Crippen LogP contribution in [-0.2, 0) is 28.6 Å². The summed E-state index contributed by atoms with van der Waals surface area (Å²) >= 11 is 0. The lowest BCUT2D eigenvalue weighted by atomic mass is 10.2. The van der Waals surface area contributed by atoms with Crippen molar-refractivity contribution in [3.63, 3.8) is 0 Å². The van der Waals surface area contributed by atoms with Gasteiger partial charge in [-0.15, -0.1) is 0 Å². The molecule has 0 saturated carbocycles. The van der Waals surface area contributed by atoms with Gasteiger partial charge in [-0.3, -0.25) is 8.98 Å². The van der Waals surface area contributed by atoms with E-state index in [1.54, 1.807) is 12.1 Å². The Balaban J connectivity index is 2.01. The molecule has 122 valence electrons. The molecule has 8 heteroatoms. The molecule has 1 aromatic rings. The summed E-state index contributed by atoms with van der Waals surface area (Å²) in [5.41, 5.74) is 0.927. The molecule has 1 saturated heterocycles. The number of aliphatic hydroxyl groups excluding tert-OH is 1. The van der Waals surface area contributed by atoms with Crippen LogP contribution in [0.25, 0.3) is 0 Å². The second kappa shape index (κ2) is 6.74. The highest BCUT2D eigenvalue weighted by Gasteiger charge is 2.37. The minimum Gasteiger partial charge on any atom is -0.459 e. The van der Waals surface area contributed by atoms with Crippen molar-refractivity contribution in [2.75, 3.05) is 6.61 Å². The third-order valence-corrected chi connectivity index (χ3v) is 4.49. The summed E-state index contributed by atoms with van der Waals surface area (Å²) in [6.07, 6.45) is -2.60. The molecule has 0 aromatic heterocycles. The van der Waals surface area contributed by atoms with E-state index in [1.165, 1.54) is 19.1 Å². The van der Waals surface area contributed by atoms with Crippen LogP contribution in [0.3, 0.4) is 0 Å². The van der Waals surface area contributed by atoms with E-state index >= 15 is 0 Å². The third kappa shape index (κ3) is 4.26. The van der Waals surface area contributed by atoms with Crippen molar-refractivity contribution in [2.24, 2.45) is 0 Å². The Morgan fingerprint density at radius 1 is 1.36 bits per heavy atom. The number of carbonyl (C=O) groups excluding carboxylic acids is 1. The summed E-state index contributed by atoms with van der Waals surface area (Å²) in [5, 5.41) is 9.44. The average molecular weight is 330 g/mol. The number of hydrogen-bond acceptors (Lipinski definition) is 7. The van der Waals surface area contributed by atoms with E-state index in [-0.39, 0.29) is 17.9 Å². The van der Waals surface area contributed by atoms with E-state index < -0.39 is 34.6 Å². The van der Waals surface area contributed by atoms with Gasteiger partial charge in [0.2, 0.25) is 0 Å². The van der Waals surface area contributed by atoms with E-state index in [1.807, 2.05) is 6.92 Å². The predicted octanol–water partition coefficient (Wildman–Crippen LogP) is 0.739. The first kappa shape index (κ1) is 16.9. The van der Waals surface area contributed by atoms with Gasteiger partial charge in [-0.2, -0.15) is 8.42 Å². The monoisotopic (exact) mass is 330 g/mol. The molecule has 1 fully saturated rings. The normalized spacial score (nSPS) is 25.1. The van der Waals surface area contributed by atoms with Crippen molar-refractivity contribution in [3.8, 4) is 0 Å². The highest BCUT2D eigenvalue weighted by atomic mass is 32.2. The Morgan fingerprint density at radius 3 is 2.59 bits per heavy atom. The number of rotatable bonds is 5. The van der Waals surface area contributed by atoms with Crippen molar-refractivity contribution in [1.29, 1.82) is 0 Å². The molecule has 0 spiro atoms. The molecule has 0 amide bonds. The first-order valence-electron chi connectivity index (χ1n) is 6.75. The lowest BCUT2D eigenvalue weighted by Gasteiger charge is -2.17. The minimum absolute atomic E-state index is 0.0284. The van der Waals surface area contributed by atoms with Crippen molar-refractivity contribution in [1.82, 2.24) is 0 Å². The molecule has 2 rings (SSSR count). The molecule has 3 atom stereocenters. The van der Waals surface area contributed by atoms with Crippen LogP contribution < -0.4 is 0 Å². The van der Waals surface area contributed by atoms with E-state index in [4.69, 9.17) is 13.7 Å². The molecule has 1 unspecified atom stereocenters. The van der Waals surface area contributed by atoms with Gasteiger partial charge in [0, 0.05) is 13.3 Å². The Morgan fingerprint density at radius 2 is 2.00 bits per heavy atom. The second-order valence-electron chi connectivity index (χ2n) is 5.06. The summed E-state index contributed by atoms with van der Waals surface area (Å²) in [4.78, 5) is 11.0. The average Bonchev–Trinajstić information content (AvgIpc) is 2.76. The molecular formula is C14H18O7S. The van der Waals surface area contributed by atoms with E-state index in [9.17, 15) is 18.3 Å². The van der Waals surface area contributed by atoms with Crippen LogP contribution in [0.4, 0.5) is 0 Å². The van der Waals surface area contributed by atoms with Crippen LogP contribution in [0, 0.1) is 6.92 Å². The van der Waals surface area contributed by atoms with Gasteiger partial charge in [0.25, 0.3) is 10.1 Å². The van der Waals surface area contributed by atoms with Gasteiger partial charge in [-0.25, -0.2) is 0 Å². The molecule has 1 aliphatic heterocycles. The van der Waals surface area contributed by atoms with Crippen molar-refractivity contribution < 1.29 is 32.0 Å². The third-order valence-electron chi connectivity index (χ3n) is 3.19. The van der Waals surface area contributed by atoms with Crippen LogP contribution >= 0.6 is 0 Å². The van der Waals surface area contributed by atoms with E-state index in [0.717, 1.165) is 5.56 Å². The van der Waals surface area contributed by atoms with Gasteiger partial charge in [0.15, 0.2) is 6.29 Å². The Hall–Kier alpha value is -1.48. The maximum absolute atomic E-state index is 12.1. The fraction of sp³-hybridized carbons (Fsp3) is 0.500. The van der Waals surface area contributed by atoms with Crippen LogP contribution in [0.5, 0.6) is 0 Å². The predicted molar refractivity (Wildman–Crippen MR) is 75.4 cm³/mol. The molecule has 0 bridgehead atoms. The number of aliphatic hydroxyl groups is 1. The first-order chi connectivity index (χ1) is 10.3. The molecule has 1 N–H and O–H groups in total. The SMILES string of the molecule is CC(=O)O[C@H]1CC(O)O[C@@H]1COS(=O)(=O)c1ccc(C)cc1. The lowest BCUT2D eigenvalue weighted by Crippen LogP contribution is -2.31. The maximum Gasteiger partial charge on any atom is 0.302 e. The van der Waals surface area contributed by atoms with Crippen LogP contribution in [0.15, 0.2) is 29.2 Å². The molecule has 22 heavy (non-hydrogen) atoms. The van der Waals surface area contributed by atoms with Crippen LogP contribution in [0.2, 0.25) is 0 Å². The number of carbonyl (C=O) groups is 1. The minimum atomic E-state index is -3.94. The highest BCUT2D eigenvalue weighted by molar-refractivity contribution is 7.86. The Kier molecular flexibility index (Phi) is 5.17. The largest absolute Gasteiger partial charge is 0.459 e. The van der Waals surface area contributed by atoms with Crippen molar-refractivity contribution in [2.45, 2.75) is 43.7 Å². The maximum atomic E-state index is 12.1. The number of benzene rings is 1. The molecular weight excluding hydrogens is 312 g/mol.